The maximum absolute atomic E-state index is 9.95. The van der Waals surface area contributed by atoms with Crippen molar-refractivity contribution in [3.63, 3.8) is 0 Å². The molecule has 1 aromatic heterocycles. The average Bonchev–Trinajstić information content (AvgIpc) is 2.47. The van der Waals surface area contributed by atoms with E-state index in [9.17, 15) is 5.11 Å². The number of aliphatic hydroxyl groups is 1. The summed E-state index contributed by atoms with van der Waals surface area (Å²) in [5, 5.41) is 9.95. The number of fused-ring (bicyclic) bond motifs is 1. The van der Waals surface area contributed by atoms with Crippen molar-refractivity contribution in [1.29, 1.82) is 0 Å². The Hall–Kier alpha value is -1.02. The molecule has 2 heteroatoms. The predicted octanol–water partition coefficient (Wildman–Crippen LogP) is 2.82. The molecule has 0 saturated carbocycles. The number of allylic oxidation sites excluding steroid dienone is 1. The smallest absolute Gasteiger partial charge is 0.0807 e. The van der Waals surface area contributed by atoms with Crippen LogP contribution in [-0.4, -0.2) is 9.67 Å². The van der Waals surface area contributed by atoms with Gasteiger partial charge in [-0.1, -0.05) is 18.6 Å². The lowest BCUT2D eigenvalue weighted by molar-refractivity contribution is 0.166. The molecule has 0 saturated heterocycles. The lowest BCUT2D eigenvalue weighted by atomic mass is 10.1. The first-order valence-electron chi connectivity index (χ1n) is 5.68. The van der Waals surface area contributed by atoms with Crippen molar-refractivity contribution in [1.82, 2.24) is 4.57 Å². The Balaban J connectivity index is 2.25. The molecule has 1 aliphatic carbocycles. The van der Waals surface area contributed by atoms with E-state index in [0.29, 0.717) is 0 Å². The van der Waals surface area contributed by atoms with E-state index >= 15 is 0 Å². The molecule has 1 aromatic rings. The molecule has 1 heterocycles. The van der Waals surface area contributed by atoms with Crippen LogP contribution in [0.15, 0.2) is 24.5 Å². The number of nitrogens with zero attached hydrogens (tertiary/aromatic N) is 1. The molecular weight excluding hydrogens is 186 g/mol. The van der Waals surface area contributed by atoms with Gasteiger partial charge in [0.1, 0.15) is 0 Å². The quantitative estimate of drug-likeness (QED) is 0.583. The van der Waals surface area contributed by atoms with Crippen molar-refractivity contribution >= 4 is 0 Å². The predicted molar refractivity (Wildman–Crippen MR) is 61.8 cm³/mol. The van der Waals surface area contributed by atoms with Crippen LogP contribution in [0.5, 0.6) is 0 Å². The SMILES string of the molecule is C=C(C)Cn1cc2c(c1)C(O)CCCC2. The first-order valence-corrected chi connectivity index (χ1v) is 5.68. The molecule has 0 bridgehead atoms. The van der Waals surface area contributed by atoms with Crippen LogP contribution < -0.4 is 0 Å². The van der Waals surface area contributed by atoms with Crippen LogP contribution >= 0.6 is 0 Å². The van der Waals surface area contributed by atoms with Gasteiger partial charge >= 0.3 is 0 Å². The van der Waals surface area contributed by atoms with Crippen LogP contribution in [0.25, 0.3) is 0 Å². The van der Waals surface area contributed by atoms with E-state index in [4.69, 9.17) is 0 Å². The topological polar surface area (TPSA) is 25.2 Å². The molecule has 2 nitrogen and oxygen atoms in total. The molecule has 0 aromatic carbocycles. The van der Waals surface area contributed by atoms with Gasteiger partial charge in [-0.3, -0.25) is 0 Å². The van der Waals surface area contributed by atoms with Crippen molar-refractivity contribution < 1.29 is 5.11 Å². The second-order valence-corrected chi connectivity index (χ2v) is 4.63. The fourth-order valence-corrected chi connectivity index (χ4v) is 2.29. The van der Waals surface area contributed by atoms with Crippen LogP contribution in [0.3, 0.4) is 0 Å². The third-order valence-electron chi connectivity index (χ3n) is 2.98. The standard InChI is InChI=1S/C13H19NO/c1-10(2)7-14-8-11-5-3-4-6-13(15)12(11)9-14/h8-9,13,15H,1,3-7H2,2H3. The van der Waals surface area contributed by atoms with Gasteiger partial charge in [0, 0.05) is 24.5 Å². The molecule has 1 aliphatic rings. The molecule has 1 N–H and O–H groups in total. The summed E-state index contributed by atoms with van der Waals surface area (Å²) in [5.41, 5.74) is 3.60. The molecule has 0 aliphatic heterocycles. The Morgan fingerprint density at radius 3 is 3.07 bits per heavy atom. The lowest BCUT2D eigenvalue weighted by Gasteiger charge is -2.06. The van der Waals surface area contributed by atoms with E-state index in [1.807, 2.05) is 6.92 Å². The third-order valence-corrected chi connectivity index (χ3v) is 2.98. The fourth-order valence-electron chi connectivity index (χ4n) is 2.29. The van der Waals surface area contributed by atoms with Gasteiger partial charge in [0.05, 0.1) is 6.10 Å². The van der Waals surface area contributed by atoms with Gasteiger partial charge in [-0.05, 0) is 31.7 Å². The summed E-state index contributed by atoms with van der Waals surface area (Å²) < 4.78 is 2.14. The summed E-state index contributed by atoms with van der Waals surface area (Å²) in [5.74, 6) is 0. The maximum Gasteiger partial charge on any atom is 0.0807 e. The van der Waals surface area contributed by atoms with Gasteiger partial charge in [0.25, 0.3) is 0 Å². The van der Waals surface area contributed by atoms with Gasteiger partial charge in [-0.15, -0.1) is 0 Å². The van der Waals surface area contributed by atoms with Crippen LogP contribution in [0.2, 0.25) is 0 Å². The number of hydrogen-bond acceptors (Lipinski definition) is 1. The number of rotatable bonds is 2. The summed E-state index contributed by atoms with van der Waals surface area (Å²) in [4.78, 5) is 0. The van der Waals surface area contributed by atoms with E-state index in [0.717, 1.165) is 36.9 Å². The van der Waals surface area contributed by atoms with Gasteiger partial charge in [-0.25, -0.2) is 0 Å². The van der Waals surface area contributed by atoms with Crippen molar-refractivity contribution in [2.75, 3.05) is 0 Å². The Labute approximate surface area is 91.2 Å². The minimum Gasteiger partial charge on any atom is -0.388 e. The first kappa shape index (κ1) is 10.5. The van der Waals surface area contributed by atoms with Crippen LogP contribution in [0.1, 0.15) is 43.4 Å². The second-order valence-electron chi connectivity index (χ2n) is 4.63. The van der Waals surface area contributed by atoms with Crippen LogP contribution in [-0.2, 0) is 13.0 Å². The molecular formula is C13H19NO. The van der Waals surface area contributed by atoms with Crippen molar-refractivity contribution in [2.45, 2.75) is 45.3 Å². The highest BCUT2D eigenvalue weighted by Crippen LogP contribution is 2.29. The van der Waals surface area contributed by atoms with E-state index in [1.165, 1.54) is 12.0 Å². The van der Waals surface area contributed by atoms with Crippen molar-refractivity contribution in [3.05, 3.63) is 35.7 Å². The third kappa shape index (κ3) is 2.32. The number of hydrogen-bond donors (Lipinski definition) is 1. The summed E-state index contributed by atoms with van der Waals surface area (Å²) in [6.45, 7) is 6.80. The molecule has 0 radical (unpaired) electrons. The molecule has 0 spiro atoms. The molecule has 2 rings (SSSR count). The summed E-state index contributed by atoms with van der Waals surface area (Å²) >= 11 is 0. The normalized spacial score (nSPS) is 20.8. The average molecular weight is 205 g/mol. The molecule has 15 heavy (non-hydrogen) atoms. The van der Waals surface area contributed by atoms with E-state index in [1.54, 1.807) is 0 Å². The Morgan fingerprint density at radius 2 is 2.33 bits per heavy atom. The zero-order chi connectivity index (χ0) is 10.8. The zero-order valence-electron chi connectivity index (χ0n) is 9.37. The van der Waals surface area contributed by atoms with Gasteiger partial charge in [-0.2, -0.15) is 0 Å². The zero-order valence-corrected chi connectivity index (χ0v) is 9.37. The van der Waals surface area contributed by atoms with Crippen LogP contribution in [0.4, 0.5) is 0 Å². The number of aromatic nitrogens is 1. The van der Waals surface area contributed by atoms with Gasteiger partial charge in [0.15, 0.2) is 0 Å². The highest BCUT2D eigenvalue weighted by atomic mass is 16.3. The highest BCUT2D eigenvalue weighted by molar-refractivity contribution is 5.28. The molecule has 0 fully saturated rings. The largest absolute Gasteiger partial charge is 0.388 e. The fraction of sp³-hybridized carbons (Fsp3) is 0.538. The summed E-state index contributed by atoms with van der Waals surface area (Å²) in [7, 11) is 0. The molecule has 1 atom stereocenters. The van der Waals surface area contributed by atoms with E-state index in [-0.39, 0.29) is 6.10 Å². The first-order chi connectivity index (χ1) is 7.16. The minimum atomic E-state index is -0.256. The Morgan fingerprint density at radius 1 is 1.53 bits per heavy atom. The maximum atomic E-state index is 9.95. The van der Waals surface area contributed by atoms with Gasteiger partial charge < -0.3 is 9.67 Å². The van der Waals surface area contributed by atoms with E-state index < -0.39 is 0 Å². The summed E-state index contributed by atoms with van der Waals surface area (Å²) in [6.07, 6.45) is 8.34. The monoisotopic (exact) mass is 205 g/mol. The second kappa shape index (κ2) is 4.23. The number of aliphatic hydroxyl groups excluding tert-OH is 1. The minimum absolute atomic E-state index is 0.256. The van der Waals surface area contributed by atoms with Gasteiger partial charge in [0.2, 0.25) is 0 Å². The molecule has 82 valence electrons. The lowest BCUT2D eigenvalue weighted by Crippen LogP contribution is -1.97. The Kier molecular flexibility index (Phi) is 2.96. The van der Waals surface area contributed by atoms with Crippen LogP contribution in [0, 0.1) is 0 Å². The van der Waals surface area contributed by atoms with E-state index in [2.05, 4.69) is 23.5 Å². The Bertz CT molecular complexity index is 365. The number of aryl methyl sites for hydroxylation is 1. The molecule has 1 unspecified atom stereocenters. The van der Waals surface area contributed by atoms with Crippen molar-refractivity contribution in [3.8, 4) is 0 Å². The van der Waals surface area contributed by atoms with Crippen molar-refractivity contribution in [2.24, 2.45) is 0 Å². The highest BCUT2D eigenvalue weighted by Gasteiger charge is 2.18. The summed E-state index contributed by atoms with van der Waals surface area (Å²) in [6, 6.07) is 0. The molecule has 0 amide bonds.